The van der Waals surface area contributed by atoms with Gasteiger partial charge in [-0.25, -0.2) is 14.4 Å². The topological polar surface area (TPSA) is 69.2 Å². The molecular weight excluding hydrogens is 273 g/mol. The second-order valence-electron chi connectivity index (χ2n) is 4.62. The molecule has 0 aliphatic rings. The van der Waals surface area contributed by atoms with Crippen LogP contribution >= 0.6 is 0 Å². The summed E-state index contributed by atoms with van der Waals surface area (Å²) in [5.41, 5.74) is 1.58. The van der Waals surface area contributed by atoms with Gasteiger partial charge in [0.25, 0.3) is 5.91 Å². The molecule has 1 aromatic carbocycles. The third kappa shape index (κ3) is 2.75. The van der Waals surface area contributed by atoms with Crippen LogP contribution in [-0.4, -0.2) is 26.1 Å². The van der Waals surface area contributed by atoms with E-state index < -0.39 is 5.91 Å². The summed E-state index contributed by atoms with van der Waals surface area (Å²) in [5, 5.41) is 11.3. The average molecular weight is 285 g/mol. The third-order valence-corrected chi connectivity index (χ3v) is 3.14. The Morgan fingerprint density at radius 3 is 2.81 bits per heavy atom. The number of rotatable bonds is 3. The third-order valence-electron chi connectivity index (χ3n) is 3.14. The van der Waals surface area contributed by atoms with Crippen molar-refractivity contribution in [1.82, 2.24) is 15.0 Å². The van der Waals surface area contributed by atoms with E-state index in [2.05, 4.69) is 9.97 Å². The van der Waals surface area contributed by atoms with E-state index in [1.165, 1.54) is 30.5 Å². The summed E-state index contributed by atoms with van der Waals surface area (Å²) in [7, 11) is 0. The van der Waals surface area contributed by atoms with Gasteiger partial charge in [0, 0.05) is 11.6 Å². The molecule has 21 heavy (non-hydrogen) atoms. The zero-order valence-corrected chi connectivity index (χ0v) is 11.0. The lowest BCUT2D eigenvalue weighted by Gasteiger charge is -2.14. The molecule has 0 bridgehead atoms. The number of pyridine rings is 1. The number of fused-ring (bicyclic) bond motifs is 1. The number of hydroxylamine groups is 2. The highest BCUT2D eigenvalue weighted by Crippen LogP contribution is 2.14. The molecule has 3 rings (SSSR count). The summed E-state index contributed by atoms with van der Waals surface area (Å²) >= 11 is 0. The lowest BCUT2D eigenvalue weighted by Crippen LogP contribution is -2.27. The first kappa shape index (κ1) is 13.3. The van der Waals surface area contributed by atoms with Gasteiger partial charge in [-0.15, -0.1) is 0 Å². The molecule has 0 saturated carbocycles. The Hall–Kier alpha value is -2.73. The van der Waals surface area contributed by atoms with Crippen LogP contribution in [0.5, 0.6) is 0 Å². The minimum atomic E-state index is -0.609. The standard InChI is InChI=1S/C15H12FN3O2/c16-12-3-1-10(2-4-12)9-19(21)15(20)13-7-11-5-6-17-14(11)8-18-13/h1-8,17,21H,9H2. The fraction of sp³-hybridized carbons (Fsp3) is 0.0667. The van der Waals surface area contributed by atoms with Gasteiger partial charge in [-0.2, -0.15) is 0 Å². The SMILES string of the molecule is O=C(c1cc2cc[nH]c2cn1)N(O)Cc1ccc(F)cc1. The van der Waals surface area contributed by atoms with Gasteiger partial charge in [0.15, 0.2) is 0 Å². The van der Waals surface area contributed by atoms with Gasteiger partial charge < -0.3 is 4.98 Å². The number of carbonyl (C=O) groups excluding carboxylic acids is 1. The van der Waals surface area contributed by atoms with E-state index in [4.69, 9.17) is 0 Å². The van der Waals surface area contributed by atoms with Crippen LogP contribution in [0, 0.1) is 5.82 Å². The highest BCUT2D eigenvalue weighted by molar-refractivity contribution is 5.95. The van der Waals surface area contributed by atoms with Gasteiger partial charge in [-0.05, 0) is 29.8 Å². The lowest BCUT2D eigenvalue weighted by atomic mass is 10.2. The van der Waals surface area contributed by atoms with Crippen molar-refractivity contribution >= 4 is 16.8 Å². The van der Waals surface area contributed by atoms with Crippen molar-refractivity contribution in [3.8, 4) is 0 Å². The number of carbonyl (C=O) groups is 1. The maximum Gasteiger partial charge on any atom is 0.296 e. The molecule has 6 heteroatoms. The molecule has 0 spiro atoms. The number of aromatic nitrogens is 2. The normalized spacial score (nSPS) is 10.8. The van der Waals surface area contributed by atoms with Crippen LogP contribution in [0.2, 0.25) is 0 Å². The van der Waals surface area contributed by atoms with Gasteiger partial charge in [0.1, 0.15) is 11.5 Å². The number of nitrogens with zero attached hydrogens (tertiary/aromatic N) is 2. The molecule has 5 nitrogen and oxygen atoms in total. The van der Waals surface area contributed by atoms with E-state index in [1.54, 1.807) is 12.3 Å². The Bertz CT molecular complexity index is 783. The van der Waals surface area contributed by atoms with Crippen molar-refractivity contribution < 1.29 is 14.4 Å². The van der Waals surface area contributed by atoms with E-state index in [1.807, 2.05) is 6.07 Å². The Kier molecular flexibility index (Phi) is 3.37. The molecule has 0 atom stereocenters. The Balaban J connectivity index is 1.78. The predicted molar refractivity (Wildman–Crippen MR) is 74.2 cm³/mol. The van der Waals surface area contributed by atoms with E-state index >= 15 is 0 Å². The molecule has 1 amide bonds. The Labute approximate surface area is 119 Å². The van der Waals surface area contributed by atoms with Crippen molar-refractivity contribution in [2.75, 3.05) is 0 Å². The van der Waals surface area contributed by atoms with Gasteiger partial charge >= 0.3 is 0 Å². The molecule has 106 valence electrons. The highest BCUT2D eigenvalue weighted by Gasteiger charge is 2.16. The first-order valence-electron chi connectivity index (χ1n) is 6.32. The number of hydrogen-bond donors (Lipinski definition) is 2. The van der Waals surface area contributed by atoms with Crippen LogP contribution in [0.1, 0.15) is 16.1 Å². The van der Waals surface area contributed by atoms with E-state index in [0.717, 1.165) is 10.9 Å². The van der Waals surface area contributed by atoms with Crippen LogP contribution in [0.4, 0.5) is 4.39 Å². The number of nitrogens with one attached hydrogen (secondary N) is 1. The second-order valence-corrected chi connectivity index (χ2v) is 4.62. The maximum absolute atomic E-state index is 12.8. The molecule has 0 aliphatic carbocycles. The number of halogens is 1. The molecule has 0 fully saturated rings. The fourth-order valence-corrected chi connectivity index (χ4v) is 2.03. The van der Waals surface area contributed by atoms with E-state index in [0.29, 0.717) is 10.6 Å². The molecule has 2 heterocycles. The zero-order chi connectivity index (χ0) is 14.8. The van der Waals surface area contributed by atoms with Crippen LogP contribution in [0.3, 0.4) is 0 Å². The summed E-state index contributed by atoms with van der Waals surface area (Å²) in [6, 6.07) is 8.98. The lowest BCUT2D eigenvalue weighted by molar-refractivity contribution is -0.0652. The number of amides is 1. The molecule has 0 aliphatic heterocycles. The van der Waals surface area contributed by atoms with E-state index in [-0.39, 0.29) is 18.1 Å². The Morgan fingerprint density at radius 1 is 1.29 bits per heavy atom. The largest absolute Gasteiger partial charge is 0.360 e. The van der Waals surface area contributed by atoms with Gasteiger partial charge in [0.2, 0.25) is 0 Å². The molecule has 2 aromatic heterocycles. The number of benzene rings is 1. The minimum absolute atomic E-state index is 0.0357. The van der Waals surface area contributed by atoms with Crippen molar-refractivity contribution in [1.29, 1.82) is 0 Å². The molecule has 0 saturated heterocycles. The number of aromatic amines is 1. The summed E-state index contributed by atoms with van der Waals surface area (Å²) in [4.78, 5) is 19.1. The molecule has 0 radical (unpaired) electrons. The monoisotopic (exact) mass is 285 g/mol. The quantitative estimate of drug-likeness (QED) is 0.574. The van der Waals surface area contributed by atoms with Crippen molar-refractivity contribution in [3.05, 3.63) is 65.9 Å². The van der Waals surface area contributed by atoms with Crippen LogP contribution in [0.15, 0.2) is 48.8 Å². The second kappa shape index (κ2) is 5.34. The summed E-state index contributed by atoms with van der Waals surface area (Å²) in [6.45, 7) is -0.0357. The maximum atomic E-state index is 12.8. The van der Waals surface area contributed by atoms with Gasteiger partial charge in [-0.1, -0.05) is 12.1 Å². The summed E-state index contributed by atoms with van der Waals surface area (Å²) < 4.78 is 12.8. The highest BCUT2D eigenvalue weighted by atomic mass is 19.1. The summed E-state index contributed by atoms with van der Waals surface area (Å²) in [6.07, 6.45) is 3.28. The molecule has 0 unspecified atom stereocenters. The zero-order valence-electron chi connectivity index (χ0n) is 11.0. The van der Waals surface area contributed by atoms with Gasteiger partial charge in [0.05, 0.1) is 18.3 Å². The number of hydrogen-bond acceptors (Lipinski definition) is 3. The van der Waals surface area contributed by atoms with Crippen LogP contribution in [-0.2, 0) is 6.54 Å². The first-order valence-corrected chi connectivity index (χ1v) is 6.32. The van der Waals surface area contributed by atoms with Crippen molar-refractivity contribution in [2.24, 2.45) is 0 Å². The minimum Gasteiger partial charge on any atom is -0.360 e. The number of H-pyrrole nitrogens is 1. The summed E-state index contributed by atoms with van der Waals surface area (Å²) in [5.74, 6) is -0.975. The smallest absolute Gasteiger partial charge is 0.296 e. The van der Waals surface area contributed by atoms with Crippen LogP contribution in [0.25, 0.3) is 10.9 Å². The van der Waals surface area contributed by atoms with E-state index in [9.17, 15) is 14.4 Å². The van der Waals surface area contributed by atoms with Crippen molar-refractivity contribution in [2.45, 2.75) is 6.54 Å². The van der Waals surface area contributed by atoms with Crippen molar-refractivity contribution in [3.63, 3.8) is 0 Å². The fourth-order valence-electron chi connectivity index (χ4n) is 2.03. The molecule has 2 N–H and O–H groups in total. The molecule has 3 aromatic rings. The molecular formula is C15H12FN3O2. The average Bonchev–Trinajstić information content (AvgIpc) is 2.96. The Morgan fingerprint density at radius 2 is 2.05 bits per heavy atom. The van der Waals surface area contributed by atoms with Crippen LogP contribution < -0.4 is 0 Å². The first-order chi connectivity index (χ1) is 10.1. The van der Waals surface area contributed by atoms with Gasteiger partial charge in [-0.3, -0.25) is 10.0 Å². The predicted octanol–water partition coefficient (Wildman–Crippen LogP) is 2.73.